The molecule has 328 valence electrons. The SMILES string of the molecule is c1ccc(C2(c3ccccc3)c3ccccc3-c3cc(N(c4ccc(-c5cccc(-c6cccc7c6sc6ccccc67)c5)cc4)c4ccc(-c5cccc6oc7ccccc7c56)cc4)ccc32)cc1. The molecular formula is C67H43NOS. The van der Waals surface area contributed by atoms with Gasteiger partial charge in [0.15, 0.2) is 0 Å². The lowest BCUT2D eigenvalue weighted by molar-refractivity contribution is 0.669. The summed E-state index contributed by atoms with van der Waals surface area (Å²) in [5.41, 5.74) is 19.3. The van der Waals surface area contributed by atoms with E-state index in [1.54, 1.807) is 0 Å². The Kier molecular flexibility index (Phi) is 9.33. The average Bonchev–Trinajstić information content (AvgIpc) is 4.11. The van der Waals surface area contributed by atoms with Crippen molar-refractivity contribution >= 4 is 70.5 Å². The molecule has 2 heterocycles. The number of fused-ring (bicyclic) bond motifs is 9. The highest BCUT2D eigenvalue weighted by Crippen LogP contribution is 2.57. The molecule has 0 saturated heterocycles. The minimum Gasteiger partial charge on any atom is -0.456 e. The predicted octanol–water partition coefficient (Wildman–Crippen LogP) is 18.8. The Balaban J connectivity index is 0.907. The molecule has 0 bridgehead atoms. The van der Waals surface area contributed by atoms with Crippen LogP contribution in [-0.2, 0) is 5.41 Å². The molecule has 2 nitrogen and oxygen atoms in total. The van der Waals surface area contributed by atoms with Gasteiger partial charge in [-0.15, -0.1) is 11.3 Å². The van der Waals surface area contributed by atoms with E-state index < -0.39 is 5.41 Å². The zero-order chi connectivity index (χ0) is 46.2. The largest absolute Gasteiger partial charge is 0.456 e. The summed E-state index contributed by atoms with van der Waals surface area (Å²) in [6.07, 6.45) is 0. The lowest BCUT2D eigenvalue weighted by atomic mass is 9.68. The van der Waals surface area contributed by atoms with Crippen molar-refractivity contribution in [2.45, 2.75) is 5.41 Å². The second-order valence-electron chi connectivity index (χ2n) is 18.3. The van der Waals surface area contributed by atoms with Crippen molar-refractivity contribution in [1.29, 1.82) is 0 Å². The van der Waals surface area contributed by atoms with Gasteiger partial charge in [-0.25, -0.2) is 0 Å². The summed E-state index contributed by atoms with van der Waals surface area (Å²) in [4.78, 5) is 2.41. The van der Waals surface area contributed by atoms with E-state index >= 15 is 0 Å². The highest BCUT2D eigenvalue weighted by molar-refractivity contribution is 7.26. The predicted molar refractivity (Wildman–Crippen MR) is 295 cm³/mol. The fourth-order valence-electron chi connectivity index (χ4n) is 11.5. The summed E-state index contributed by atoms with van der Waals surface area (Å²) >= 11 is 1.88. The van der Waals surface area contributed by atoms with Gasteiger partial charge in [-0.05, 0) is 127 Å². The van der Waals surface area contributed by atoms with Gasteiger partial charge in [-0.1, -0.05) is 200 Å². The maximum atomic E-state index is 6.32. The van der Waals surface area contributed by atoms with Crippen LogP contribution in [0.4, 0.5) is 17.1 Å². The van der Waals surface area contributed by atoms with Crippen LogP contribution in [0.2, 0.25) is 0 Å². The highest BCUT2D eigenvalue weighted by Gasteiger charge is 2.46. The first kappa shape index (κ1) is 40.3. The van der Waals surface area contributed by atoms with E-state index in [2.05, 4.69) is 254 Å². The van der Waals surface area contributed by atoms with Gasteiger partial charge in [0, 0.05) is 48.0 Å². The molecule has 14 rings (SSSR count). The zero-order valence-electron chi connectivity index (χ0n) is 38.1. The first-order valence-corrected chi connectivity index (χ1v) is 24.8. The third-order valence-electron chi connectivity index (χ3n) is 14.6. The molecule has 11 aromatic carbocycles. The van der Waals surface area contributed by atoms with Crippen molar-refractivity contribution in [1.82, 2.24) is 0 Å². The Bertz CT molecular complexity index is 4070. The minimum atomic E-state index is -0.476. The second kappa shape index (κ2) is 16.2. The van der Waals surface area contributed by atoms with Crippen LogP contribution < -0.4 is 4.90 Å². The van der Waals surface area contributed by atoms with E-state index in [4.69, 9.17) is 4.42 Å². The van der Waals surface area contributed by atoms with Gasteiger partial charge >= 0.3 is 0 Å². The molecule has 0 atom stereocenters. The number of thiophene rings is 1. The van der Waals surface area contributed by atoms with Crippen LogP contribution in [0.25, 0.3) is 86.6 Å². The van der Waals surface area contributed by atoms with Crippen molar-refractivity contribution in [2.24, 2.45) is 0 Å². The monoisotopic (exact) mass is 909 g/mol. The summed E-state index contributed by atoms with van der Waals surface area (Å²) in [5, 5.41) is 4.90. The number of benzene rings is 11. The third kappa shape index (κ3) is 6.25. The van der Waals surface area contributed by atoms with Gasteiger partial charge in [0.25, 0.3) is 0 Å². The zero-order valence-corrected chi connectivity index (χ0v) is 38.9. The maximum Gasteiger partial charge on any atom is 0.136 e. The first-order chi connectivity index (χ1) is 34.7. The standard InChI is InChI=1S/C67H43NOS/c1-3-18-48(19-4-1)67(49-20-5-2-6-21-49)60-28-10-7-22-55(60)59-43-52(40-41-61(59)67)68(51-38-34-45(35-39-51)53-25-15-30-63-65(53)58-24-8-11-29-62(58)69-63)50-36-32-44(33-37-50)46-16-13-17-47(42-46)54-26-14-27-57-56-23-9-12-31-64(56)70-66(54)57/h1-43H. The van der Waals surface area contributed by atoms with E-state index in [1.165, 1.54) is 75.8 Å². The van der Waals surface area contributed by atoms with Gasteiger partial charge in [-0.3, -0.25) is 0 Å². The van der Waals surface area contributed by atoms with E-state index in [0.717, 1.165) is 50.1 Å². The Morgan fingerprint density at radius 1 is 0.329 bits per heavy atom. The molecule has 3 heteroatoms. The van der Waals surface area contributed by atoms with Gasteiger partial charge in [-0.2, -0.15) is 0 Å². The molecule has 1 aliphatic rings. The second-order valence-corrected chi connectivity index (χ2v) is 19.4. The molecule has 0 N–H and O–H groups in total. The summed E-state index contributed by atoms with van der Waals surface area (Å²) in [5.74, 6) is 0. The smallest absolute Gasteiger partial charge is 0.136 e. The van der Waals surface area contributed by atoms with E-state index in [1.807, 2.05) is 23.5 Å². The number of hydrogen-bond acceptors (Lipinski definition) is 3. The number of hydrogen-bond donors (Lipinski definition) is 0. The van der Waals surface area contributed by atoms with Crippen molar-refractivity contribution in [3.63, 3.8) is 0 Å². The summed E-state index contributed by atoms with van der Waals surface area (Å²) in [7, 11) is 0. The average molecular weight is 910 g/mol. The molecule has 0 unspecified atom stereocenters. The molecule has 70 heavy (non-hydrogen) atoms. The molecule has 1 aliphatic carbocycles. The maximum absolute atomic E-state index is 6.32. The van der Waals surface area contributed by atoms with E-state index in [0.29, 0.717) is 0 Å². The lowest BCUT2D eigenvalue weighted by Crippen LogP contribution is -2.28. The summed E-state index contributed by atoms with van der Waals surface area (Å²) in [6.45, 7) is 0. The summed E-state index contributed by atoms with van der Waals surface area (Å²) in [6, 6.07) is 95.5. The number of rotatable bonds is 8. The highest BCUT2D eigenvalue weighted by atomic mass is 32.1. The van der Waals surface area contributed by atoms with Crippen molar-refractivity contribution in [3.05, 3.63) is 283 Å². The Labute approximate surface area is 410 Å². The minimum absolute atomic E-state index is 0.476. The molecule has 13 aromatic rings. The molecule has 0 saturated carbocycles. The van der Waals surface area contributed by atoms with Crippen molar-refractivity contribution in [3.8, 4) is 44.5 Å². The van der Waals surface area contributed by atoms with Crippen LogP contribution in [0.5, 0.6) is 0 Å². The number of para-hydroxylation sites is 1. The van der Waals surface area contributed by atoms with Crippen LogP contribution >= 0.6 is 11.3 Å². The number of furan rings is 1. The van der Waals surface area contributed by atoms with Gasteiger partial charge in [0.05, 0.1) is 5.41 Å². The Morgan fingerprint density at radius 2 is 0.886 bits per heavy atom. The lowest BCUT2D eigenvalue weighted by Gasteiger charge is -2.34. The molecule has 0 aliphatic heterocycles. The van der Waals surface area contributed by atoms with Gasteiger partial charge < -0.3 is 9.32 Å². The molecular weight excluding hydrogens is 867 g/mol. The van der Waals surface area contributed by atoms with Crippen molar-refractivity contribution in [2.75, 3.05) is 4.90 Å². The normalized spacial score (nSPS) is 12.7. The number of nitrogens with zero attached hydrogens (tertiary/aromatic N) is 1. The Hall–Kier alpha value is -8.76. The Morgan fingerprint density at radius 3 is 1.67 bits per heavy atom. The van der Waals surface area contributed by atoms with Crippen LogP contribution in [0, 0.1) is 0 Å². The third-order valence-corrected chi connectivity index (χ3v) is 15.8. The van der Waals surface area contributed by atoms with Gasteiger partial charge in [0.2, 0.25) is 0 Å². The molecule has 0 spiro atoms. The van der Waals surface area contributed by atoms with Gasteiger partial charge in [0.1, 0.15) is 11.2 Å². The summed E-state index contributed by atoms with van der Waals surface area (Å²) < 4.78 is 8.96. The molecule has 0 radical (unpaired) electrons. The van der Waals surface area contributed by atoms with Crippen LogP contribution in [-0.4, -0.2) is 0 Å². The fourth-order valence-corrected chi connectivity index (χ4v) is 12.7. The van der Waals surface area contributed by atoms with E-state index in [9.17, 15) is 0 Å². The molecule has 2 aromatic heterocycles. The van der Waals surface area contributed by atoms with Crippen LogP contribution in [0.3, 0.4) is 0 Å². The van der Waals surface area contributed by atoms with Crippen molar-refractivity contribution < 1.29 is 4.42 Å². The van der Waals surface area contributed by atoms with Crippen LogP contribution in [0.1, 0.15) is 22.3 Å². The van der Waals surface area contributed by atoms with Crippen LogP contribution in [0.15, 0.2) is 265 Å². The fraction of sp³-hybridized carbons (Fsp3) is 0.0149. The number of anilines is 3. The first-order valence-electron chi connectivity index (χ1n) is 24.0. The quantitative estimate of drug-likeness (QED) is 0.151. The topological polar surface area (TPSA) is 16.4 Å². The molecule has 0 fully saturated rings. The van der Waals surface area contributed by atoms with E-state index in [-0.39, 0.29) is 0 Å². The molecule has 0 amide bonds.